The van der Waals surface area contributed by atoms with Crippen LogP contribution in [-0.2, 0) is 16.1 Å². The summed E-state index contributed by atoms with van der Waals surface area (Å²) in [5.41, 5.74) is 7.55. The summed E-state index contributed by atoms with van der Waals surface area (Å²) < 4.78 is 5.93. The predicted molar refractivity (Wildman–Crippen MR) is 214 cm³/mol. The second kappa shape index (κ2) is 16.1. The lowest BCUT2D eigenvalue weighted by Crippen LogP contribution is -2.43. The summed E-state index contributed by atoms with van der Waals surface area (Å²) in [6, 6.07) is 26.5. The second-order valence-electron chi connectivity index (χ2n) is 14.8. The SMILES string of the molecule is CC1(C)CCC2=C(O1)c1ccccc1C(=O)C2=O.Cc1ccc(NC(=O)c2ccc(CN3CCN(C)CC3)cc2)cc1Nc1nccc(-c2cccnc2)n1. The topological polar surface area (TPSA) is 130 Å². The number of fused-ring (bicyclic) bond motifs is 2. The Morgan fingerprint density at radius 1 is 0.873 bits per heavy atom. The molecule has 3 aromatic carbocycles. The van der Waals surface area contributed by atoms with Gasteiger partial charge in [0.15, 0.2) is 0 Å². The Kier molecular flexibility index (Phi) is 10.9. The van der Waals surface area contributed by atoms with Gasteiger partial charge in [0.25, 0.3) is 5.91 Å². The molecule has 0 radical (unpaired) electrons. The van der Waals surface area contributed by atoms with Crippen molar-refractivity contribution in [1.82, 2.24) is 24.8 Å². The van der Waals surface area contributed by atoms with Crippen LogP contribution in [0.25, 0.3) is 17.0 Å². The molecule has 2 N–H and O–H groups in total. The number of piperazine rings is 1. The summed E-state index contributed by atoms with van der Waals surface area (Å²) >= 11 is 0. The maximum atomic E-state index is 12.9. The van der Waals surface area contributed by atoms with Gasteiger partial charge in [-0.25, -0.2) is 9.97 Å². The van der Waals surface area contributed by atoms with E-state index < -0.39 is 11.6 Å². The summed E-state index contributed by atoms with van der Waals surface area (Å²) in [5, 5.41) is 6.29. The lowest BCUT2D eigenvalue weighted by atomic mass is 9.82. The molecule has 0 atom stereocenters. The number of allylic oxidation sites excluding steroid dienone is 1. The number of nitrogens with one attached hydrogen (secondary N) is 2. The smallest absolute Gasteiger partial charge is 0.255 e. The van der Waals surface area contributed by atoms with Crippen molar-refractivity contribution in [3.63, 3.8) is 0 Å². The van der Waals surface area contributed by atoms with Gasteiger partial charge in [-0.15, -0.1) is 0 Å². The molecule has 55 heavy (non-hydrogen) atoms. The molecule has 2 aromatic heterocycles. The van der Waals surface area contributed by atoms with E-state index in [2.05, 4.69) is 42.4 Å². The third-order valence-electron chi connectivity index (χ3n) is 10.1. The molecular weight excluding hydrogens is 691 g/mol. The van der Waals surface area contributed by atoms with Gasteiger partial charge < -0.3 is 20.3 Å². The van der Waals surface area contributed by atoms with Crippen molar-refractivity contribution in [2.75, 3.05) is 43.9 Å². The van der Waals surface area contributed by atoms with E-state index in [1.165, 1.54) is 5.56 Å². The van der Waals surface area contributed by atoms with E-state index in [0.717, 1.165) is 67.2 Å². The molecule has 0 bridgehead atoms. The summed E-state index contributed by atoms with van der Waals surface area (Å²) in [4.78, 5) is 54.9. The summed E-state index contributed by atoms with van der Waals surface area (Å²) in [7, 11) is 2.16. The summed E-state index contributed by atoms with van der Waals surface area (Å²) in [6.07, 6.45) is 6.59. The number of ketones is 2. The zero-order valence-corrected chi connectivity index (χ0v) is 31.6. The number of anilines is 3. The molecule has 280 valence electrons. The summed E-state index contributed by atoms with van der Waals surface area (Å²) in [5.74, 6) is 0.123. The van der Waals surface area contributed by atoms with Crippen molar-refractivity contribution in [1.29, 1.82) is 0 Å². The number of amides is 1. The molecule has 8 rings (SSSR count). The van der Waals surface area contributed by atoms with Crippen LogP contribution in [0.1, 0.15) is 64.1 Å². The Bertz CT molecular complexity index is 2240. The first-order valence-corrected chi connectivity index (χ1v) is 18.6. The number of pyridine rings is 1. The van der Waals surface area contributed by atoms with Crippen molar-refractivity contribution in [3.05, 3.63) is 137 Å². The Morgan fingerprint density at radius 3 is 2.38 bits per heavy atom. The number of nitrogens with zero attached hydrogens (tertiary/aromatic N) is 5. The van der Waals surface area contributed by atoms with Crippen molar-refractivity contribution in [3.8, 4) is 11.3 Å². The number of rotatable bonds is 7. The number of aryl methyl sites for hydroxylation is 1. The van der Waals surface area contributed by atoms with E-state index >= 15 is 0 Å². The van der Waals surface area contributed by atoms with Gasteiger partial charge in [-0.3, -0.25) is 24.3 Å². The van der Waals surface area contributed by atoms with Crippen LogP contribution in [-0.4, -0.2) is 81.1 Å². The highest BCUT2D eigenvalue weighted by molar-refractivity contribution is 6.52. The number of ether oxygens (including phenoxy) is 1. The molecule has 0 saturated carbocycles. The van der Waals surface area contributed by atoms with Crippen LogP contribution >= 0.6 is 0 Å². The average molecular weight is 736 g/mol. The van der Waals surface area contributed by atoms with E-state index in [4.69, 9.17) is 4.74 Å². The predicted octanol–water partition coefficient (Wildman–Crippen LogP) is 7.34. The normalized spacial score (nSPS) is 16.6. The molecule has 0 spiro atoms. The highest BCUT2D eigenvalue weighted by Gasteiger charge is 2.39. The van der Waals surface area contributed by atoms with Gasteiger partial charge >= 0.3 is 0 Å². The minimum Gasteiger partial charge on any atom is -0.487 e. The Balaban J connectivity index is 0.000000215. The zero-order valence-electron chi connectivity index (χ0n) is 31.6. The molecule has 1 fully saturated rings. The Morgan fingerprint density at radius 2 is 1.64 bits per heavy atom. The highest BCUT2D eigenvalue weighted by Crippen LogP contribution is 2.41. The van der Waals surface area contributed by atoms with Gasteiger partial charge in [-0.05, 0) is 94.3 Å². The molecule has 11 heteroatoms. The number of aromatic nitrogens is 3. The van der Waals surface area contributed by atoms with Crippen LogP contribution in [0.4, 0.5) is 17.3 Å². The van der Waals surface area contributed by atoms with Crippen molar-refractivity contribution in [2.24, 2.45) is 0 Å². The van der Waals surface area contributed by atoms with E-state index in [9.17, 15) is 14.4 Å². The molecule has 3 aliphatic rings. The summed E-state index contributed by atoms with van der Waals surface area (Å²) in [6.45, 7) is 11.2. The molecule has 4 heterocycles. The molecular formula is C44H45N7O4. The van der Waals surface area contributed by atoms with Crippen molar-refractivity contribution >= 4 is 40.6 Å². The Labute approximate surface area is 321 Å². The number of hydrogen-bond acceptors (Lipinski definition) is 10. The molecule has 1 amide bonds. The third-order valence-corrected chi connectivity index (χ3v) is 10.1. The first kappa shape index (κ1) is 37.3. The maximum Gasteiger partial charge on any atom is 0.255 e. The van der Waals surface area contributed by atoms with Crippen LogP contribution in [0.5, 0.6) is 0 Å². The van der Waals surface area contributed by atoms with Gasteiger partial charge in [-0.1, -0.05) is 42.5 Å². The first-order chi connectivity index (χ1) is 26.5. The number of Topliss-reactive ketones (excluding diaryl/α,β-unsaturated/α-hetero) is 2. The molecule has 2 aliphatic heterocycles. The fraction of sp³-hybridized carbons (Fsp3) is 0.273. The maximum absolute atomic E-state index is 12.9. The van der Waals surface area contributed by atoms with E-state index in [1.54, 1.807) is 30.7 Å². The molecule has 1 saturated heterocycles. The lowest BCUT2D eigenvalue weighted by Gasteiger charge is -2.36. The standard InChI is InChI=1S/C29H31N7O.C15H14O3/c1-21-5-10-25(18-27(21)34-29-31-13-11-26(33-29)24-4-3-12-30-19-24)32-28(37)23-8-6-22(7-9-23)20-36-16-14-35(2)15-17-36;1-15(2)8-7-11-13(17)12(16)9-5-3-4-6-10(9)14(11)18-15/h3-13,18-19H,14-17,20H2,1-2H3,(H,32,37)(H,31,33,34);3-6H,7-8H2,1-2H3. The van der Waals surface area contributed by atoms with E-state index in [-0.39, 0.29) is 11.5 Å². The van der Waals surface area contributed by atoms with Crippen LogP contribution in [0.15, 0.2) is 109 Å². The minimum absolute atomic E-state index is 0.143. The number of hydrogen-bond donors (Lipinski definition) is 2. The Hall–Kier alpha value is -6.04. The van der Waals surface area contributed by atoms with Gasteiger partial charge in [0.1, 0.15) is 11.4 Å². The molecule has 5 aromatic rings. The first-order valence-electron chi connectivity index (χ1n) is 18.6. The average Bonchev–Trinajstić information content (AvgIpc) is 3.20. The van der Waals surface area contributed by atoms with Crippen molar-refractivity contribution in [2.45, 2.75) is 45.8 Å². The van der Waals surface area contributed by atoms with Crippen LogP contribution in [0.2, 0.25) is 0 Å². The highest BCUT2D eigenvalue weighted by atomic mass is 16.5. The van der Waals surface area contributed by atoms with Gasteiger partial charge in [-0.2, -0.15) is 0 Å². The zero-order chi connectivity index (χ0) is 38.5. The van der Waals surface area contributed by atoms with Crippen LogP contribution < -0.4 is 10.6 Å². The van der Waals surface area contributed by atoms with E-state index in [1.807, 2.05) is 93.6 Å². The van der Waals surface area contributed by atoms with Crippen LogP contribution in [0.3, 0.4) is 0 Å². The second-order valence-corrected chi connectivity index (χ2v) is 14.8. The number of carbonyl (C=O) groups excluding carboxylic acids is 3. The molecule has 1 aliphatic carbocycles. The molecule has 0 unspecified atom stereocenters. The number of carbonyl (C=O) groups is 3. The number of benzene rings is 3. The van der Waals surface area contributed by atoms with Crippen LogP contribution in [0, 0.1) is 6.92 Å². The fourth-order valence-electron chi connectivity index (χ4n) is 6.78. The quantitative estimate of drug-likeness (QED) is 0.164. The monoisotopic (exact) mass is 735 g/mol. The lowest BCUT2D eigenvalue weighted by molar-refractivity contribution is -0.112. The fourth-order valence-corrected chi connectivity index (χ4v) is 6.78. The largest absolute Gasteiger partial charge is 0.487 e. The van der Waals surface area contributed by atoms with Gasteiger partial charge in [0.2, 0.25) is 17.5 Å². The van der Waals surface area contributed by atoms with Crippen molar-refractivity contribution < 1.29 is 19.1 Å². The van der Waals surface area contributed by atoms with E-state index in [0.29, 0.717) is 40.5 Å². The van der Waals surface area contributed by atoms with Gasteiger partial charge in [0, 0.05) is 90.5 Å². The molecule has 11 nitrogen and oxygen atoms in total. The third kappa shape index (κ3) is 8.86. The number of likely N-dealkylation sites (N-methyl/N-ethyl adjacent to an activating group) is 1. The van der Waals surface area contributed by atoms with Gasteiger partial charge in [0.05, 0.1) is 5.69 Å². The minimum atomic E-state index is -0.410.